The minimum Gasteiger partial charge on any atom is -0.497 e. The van der Waals surface area contributed by atoms with Crippen LogP contribution in [0.5, 0.6) is 11.5 Å². The third-order valence-corrected chi connectivity index (χ3v) is 7.92. The van der Waals surface area contributed by atoms with Crippen LogP contribution in [0.15, 0.2) is 23.2 Å². The minimum atomic E-state index is -0.0969. The third-order valence-electron chi connectivity index (χ3n) is 5.76. The maximum atomic E-state index is 12.8. The van der Waals surface area contributed by atoms with E-state index in [4.69, 9.17) is 19.4 Å². The van der Waals surface area contributed by atoms with Gasteiger partial charge < -0.3 is 14.8 Å². The number of rotatable bonds is 7. The van der Waals surface area contributed by atoms with Gasteiger partial charge in [0.05, 0.1) is 25.7 Å². The second-order valence-electron chi connectivity index (χ2n) is 7.96. The lowest BCUT2D eigenvalue weighted by molar-refractivity contribution is -0.113. The van der Waals surface area contributed by atoms with E-state index in [1.807, 2.05) is 11.3 Å². The van der Waals surface area contributed by atoms with E-state index in [1.54, 1.807) is 32.4 Å². The van der Waals surface area contributed by atoms with Crippen molar-refractivity contribution in [2.24, 2.45) is 0 Å². The number of aromatic nitrogens is 2. The first-order valence-electron chi connectivity index (χ1n) is 10.6. The first-order chi connectivity index (χ1) is 15.2. The molecule has 2 aromatic heterocycles. The number of anilines is 1. The molecule has 1 N–H and O–H groups in total. The smallest absolute Gasteiger partial charge is 0.234 e. The van der Waals surface area contributed by atoms with E-state index < -0.39 is 0 Å². The van der Waals surface area contributed by atoms with Gasteiger partial charge in [-0.15, -0.1) is 11.3 Å². The molecule has 5 rings (SSSR count). The molecular formula is C23H25N3O3S2. The number of hydrogen-bond donors (Lipinski definition) is 1. The average molecular weight is 456 g/mol. The molecule has 0 spiro atoms. The number of carbonyl (C=O) groups excluding carboxylic acids is 1. The van der Waals surface area contributed by atoms with E-state index in [0.717, 1.165) is 41.4 Å². The van der Waals surface area contributed by atoms with Gasteiger partial charge >= 0.3 is 0 Å². The summed E-state index contributed by atoms with van der Waals surface area (Å²) in [6.07, 6.45) is 7.00. The van der Waals surface area contributed by atoms with Crippen LogP contribution in [0.3, 0.4) is 0 Å². The lowest BCUT2D eigenvalue weighted by Crippen LogP contribution is -2.15. The zero-order valence-corrected chi connectivity index (χ0v) is 19.3. The van der Waals surface area contributed by atoms with Crippen LogP contribution in [0.1, 0.15) is 47.9 Å². The fourth-order valence-corrected chi connectivity index (χ4v) is 6.20. The maximum absolute atomic E-state index is 12.8. The molecule has 1 saturated carbocycles. The van der Waals surface area contributed by atoms with Crippen LogP contribution in [-0.2, 0) is 17.6 Å². The fourth-order valence-electron chi connectivity index (χ4n) is 4.00. The Labute approximate surface area is 189 Å². The number of aryl methyl sites for hydroxylation is 2. The standard InChI is InChI=1S/C23H25N3O3S2/c1-28-14-9-10-17(29-2)16(11-14)24-19(27)12-30-22-20-15-5-3-4-6-18(15)31-23(20)26-21(25-22)13-7-8-13/h9-11,13H,3-8,12H2,1-2H3,(H,24,27). The van der Waals surface area contributed by atoms with Gasteiger partial charge in [-0.1, -0.05) is 11.8 Å². The van der Waals surface area contributed by atoms with Crippen molar-refractivity contribution in [1.29, 1.82) is 0 Å². The molecule has 0 bridgehead atoms. The van der Waals surface area contributed by atoms with Crippen LogP contribution in [0, 0.1) is 0 Å². The molecule has 1 fully saturated rings. The molecule has 0 saturated heterocycles. The number of thioether (sulfide) groups is 1. The number of thiophene rings is 1. The molecule has 2 aliphatic carbocycles. The highest BCUT2D eigenvalue weighted by Crippen LogP contribution is 2.44. The van der Waals surface area contributed by atoms with Crippen molar-refractivity contribution in [3.63, 3.8) is 0 Å². The van der Waals surface area contributed by atoms with Gasteiger partial charge in [0.25, 0.3) is 0 Å². The first-order valence-corrected chi connectivity index (χ1v) is 12.4. The van der Waals surface area contributed by atoms with Gasteiger partial charge in [-0.25, -0.2) is 9.97 Å². The molecule has 2 aliphatic rings. The second-order valence-corrected chi connectivity index (χ2v) is 10.0. The Hall–Kier alpha value is -2.32. The van der Waals surface area contributed by atoms with Gasteiger partial charge in [-0.3, -0.25) is 4.79 Å². The van der Waals surface area contributed by atoms with E-state index >= 15 is 0 Å². The van der Waals surface area contributed by atoms with Crippen molar-refractivity contribution >= 4 is 44.9 Å². The number of ether oxygens (including phenoxy) is 2. The first kappa shape index (κ1) is 20.6. The minimum absolute atomic E-state index is 0.0969. The summed E-state index contributed by atoms with van der Waals surface area (Å²) in [5.74, 6) is 2.88. The van der Waals surface area contributed by atoms with Gasteiger partial charge in [0.1, 0.15) is 27.2 Å². The zero-order chi connectivity index (χ0) is 21.4. The number of methoxy groups -OCH3 is 2. The molecule has 1 amide bonds. The predicted octanol–water partition coefficient (Wildman–Crippen LogP) is 5.20. The molecule has 31 heavy (non-hydrogen) atoms. The number of hydrogen-bond acceptors (Lipinski definition) is 7. The van der Waals surface area contributed by atoms with Crippen molar-refractivity contribution in [2.75, 3.05) is 25.3 Å². The van der Waals surface area contributed by atoms with Crippen LogP contribution in [0.25, 0.3) is 10.2 Å². The number of benzene rings is 1. The van der Waals surface area contributed by atoms with Crippen LogP contribution >= 0.6 is 23.1 Å². The highest BCUT2D eigenvalue weighted by Gasteiger charge is 2.29. The van der Waals surface area contributed by atoms with E-state index in [2.05, 4.69) is 5.32 Å². The quantitative estimate of drug-likeness (QED) is 0.390. The SMILES string of the molecule is COc1ccc(OC)c(NC(=O)CSc2nc(C3CC3)nc3sc4c(c23)CCCC4)c1. The lowest BCUT2D eigenvalue weighted by Gasteiger charge is -2.13. The van der Waals surface area contributed by atoms with Crippen LogP contribution < -0.4 is 14.8 Å². The van der Waals surface area contributed by atoms with Gasteiger partial charge in [-0.2, -0.15) is 0 Å². The van der Waals surface area contributed by atoms with Crippen LogP contribution in [0.4, 0.5) is 5.69 Å². The highest BCUT2D eigenvalue weighted by molar-refractivity contribution is 8.00. The number of amides is 1. The summed E-state index contributed by atoms with van der Waals surface area (Å²) < 4.78 is 10.6. The summed E-state index contributed by atoms with van der Waals surface area (Å²) in [4.78, 5) is 25.2. The summed E-state index contributed by atoms with van der Waals surface area (Å²) in [5.41, 5.74) is 2.01. The summed E-state index contributed by atoms with van der Waals surface area (Å²) in [6.45, 7) is 0. The van der Waals surface area contributed by atoms with E-state index in [9.17, 15) is 4.79 Å². The Bertz CT molecular complexity index is 1140. The molecule has 6 nitrogen and oxygen atoms in total. The second kappa shape index (κ2) is 8.67. The topological polar surface area (TPSA) is 73.3 Å². The molecular weight excluding hydrogens is 430 g/mol. The average Bonchev–Trinajstić information content (AvgIpc) is 3.57. The van der Waals surface area contributed by atoms with Crippen molar-refractivity contribution in [1.82, 2.24) is 9.97 Å². The molecule has 8 heteroatoms. The molecule has 0 atom stereocenters. The Morgan fingerprint density at radius 2 is 2.03 bits per heavy atom. The summed E-state index contributed by atoms with van der Waals surface area (Å²) in [7, 11) is 3.19. The number of carbonyl (C=O) groups is 1. The monoisotopic (exact) mass is 455 g/mol. The van der Waals surface area contributed by atoms with Gasteiger partial charge in [-0.05, 0) is 56.2 Å². The molecule has 0 aliphatic heterocycles. The Kier molecular flexibility index (Phi) is 5.75. The number of nitrogens with zero attached hydrogens (tertiary/aromatic N) is 2. The summed E-state index contributed by atoms with van der Waals surface area (Å²) >= 11 is 3.33. The molecule has 1 aromatic carbocycles. The van der Waals surface area contributed by atoms with Crippen molar-refractivity contribution in [2.45, 2.75) is 49.5 Å². The normalized spacial score (nSPS) is 15.5. The fraction of sp³-hybridized carbons (Fsp3) is 0.435. The highest BCUT2D eigenvalue weighted by atomic mass is 32.2. The molecule has 0 radical (unpaired) electrons. The Morgan fingerprint density at radius 1 is 1.19 bits per heavy atom. The zero-order valence-electron chi connectivity index (χ0n) is 17.7. The van der Waals surface area contributed by atoms with Gasteiger partial charge in [0.2, 0.25) is 5.91 Å². The number of fused-ring (bicyclic) bond motifs is 3. The third kappa shape index (κ3) is 4.23. The molecule has 2 heterocycles. The van der Waals surface area contributed by atoms with E-state index in [1.165, 1.54) is 40.4 Å². The maximum Gasteiger partial charge on any atom is 0.234 e. The molecule has 3 aromatic rings. The van der Waals surface area contributed by atoms with Crippen molar-refractivity contribution in [3.8, 4) is 11.5 Å². The summed E-state index contributed by atoms with van der Waals surface area (Å²) in [6, 6.07) is 5.36. The Morgan fingerprint density at radius 3 is 2.81 bits per heavy atom. The number of nitrogens with one attached hydrogen (secondary N) is 1. The summed E-state index contributed by atoms with van der Waals surface area (Å²) in [5, 5.41) is 5.09. The largest absolute Gasteiger partial charge is 0.497 e. The van der Waals surface area contributed by atoms with Gasteiger partial charge in [0.15, 0.2) is 0 Å². The Balaban J connectivity index is 1.39. The molecule has 162 valence electrons. The van der Waals surface area contributed by atoms with Crippen molar-refractivity contribution in [3.05, 3.63) is 34.5 Å². The van der Waals surface area contributed by atoms with Crippen LogP contribution in [0.2, 0.25) is 0 Å². The van der Waals surface area contributed by atoms with Crippen molar-refractivity contribution < 1.29 is 14.3 Å². The van der Waals surface area contributed by atoms with E-state index in [-0.39, 0.29) is 11.7 Å². The molecule has 0 unspecified atom stereocenters. The van der Waals surface area contributed by atoms with Gasteiger partial charge in [0, 0.05) is 22.2 Å². The van der Waals surface area contributed by atoms with E-state index in [0.29, 0.717) is 23.1 Å². The predicted molar refractivity (Wildman–Crippen MR) is 125 cm³/mol. The van der Waals surface area contributed by atoms with Crippen LogP contribution in [-0.4, -0.2) is 35.8 Å². The lowest BCUT2D eigenvalue weighted by atomic mass is 9.97.